The molecule has 1 unspecified atom stereocenters. The molecule has 2 atom stereocenters. The average Bonchev–Trinajstić information content (AvgIpc) is 2.34. The van der Waals surface area contributed by atoms with Gasteiger partial charge in [-0.05, 0) is 25.2 Å². The molecule has 0 aromatic carbocycles. The molecule has 0 aromatic rings. The molecular weight excluding hydrogens is 227 g/mol. The number of rotatable bonds is 2. The smallest absolute Gasteiger partial charge is 0.110 e. The van der Waals surface area contributed by atoms with Gasteiger partial charge in [0.25, 0.3) is 0 Å². The second-order valence-corrected chi connectivity index (χ2v) is 3.03. The third kappa shape index (κ3) is 1.93. The second-order valence-electron chi connectivity index (χ2n) is 2.52. The normalized spacial score (nSPS) is 34.8. The van der Waals surface area contributed by atoms with Crippen LogP contribution in [-0.2, 0) is 3.07 Å². The molecule has 0 aromatic heterocycles. The minimum absolute atomic E-state index is 0.494. The van der Waals surface area contributed by atoms with Gasteiger partial charge in [0.1, 0.15) is 23.0 Å². The molecular formula is C7H11IO. The van der Waals surface area contributed by atoms with E-state index >= 15 is 0 Å². The van der Waals surface area contributed by atoms with Crippen molar-refractivity contribution in [1.29, 1.82) is 0 Å². The predicted molar refractivity (Wildman–Crippen MR) is 46.4 cm³/mol. The fourth-order valence-electron chi connectivity index (χ4n) is 1.27. The van der Waals surface area contributed by atoms with E-state index in [0.29, 0.717) is 12.0 Å². The Balaban J connectivity index is 2.28. The predicted octanol–water partition coefficient (Wildman–Crippen LogP) is 2.71. The quantitative estimate of drug-likeness (QED) is 0.530. The van der Waals surface area contributed by atoms with Gasteiger partial charge in [0.2, 0.25) is 0 Å². The maximum absolute atomic E-state index is 5.17. The monoisotopic (exact) mass is 238 g/mol. The highest BCUT2D eigenvalue weighted by molar-refractivity contribution is 14.1. The molecule has 1 aliphatic rings. The molecule has 0 N–H and O–H groups in total. The van der Waals surface area contributed by atoms with Crippen LogP contribution in [0.15, 0.2) is 12.7 Å². The first kappa shape index (κ1) is 7.54. The van der Waals surface area contributed by atoms with E-state index in [-0.39, 0.29) is 0 Å². The Morgan fingerprint density at radius 2 is 2.33 bits per heavy atom. The van der Waals surface area contributed by atoms with Crippen molar-refractivity contribution in [1.82, 2.24) is 0 Å². The zero-order valence-electron chi connectivity index (χ0n) is 5.35. The second kappa shape index (κ2) is 3.56. The van der Waals surface area contributed by atoms with Crippen LogP contribution in [0.5, 0.6) is 0 Å². The average molecular weight is 238 g/mol. The van der Waals surface area contributed by atoms with Crippen molar-refractivity contribution in [3.05, 3.63) is 12.7 Å². The largest absolute Gasteiger partial charge is 0.312 e. The summed E-state index contributed by atoms with van der Waals surface area (Å²) in [5.74, 6) is 0.713. The molecule has 0 aliphatic heterocycles. The first-order chi connectivity index (χ1) is 4.36. The van der Waals surface area contributed by atoms with Crippen LogP contribution in [-0.4, -0.2) is 6.10 Å². The first-order valence-electron chi connectivity index (χ1n) is 3.26. The van der Waals surface area contributed by atoms with Crippen LogP contribution in [0.3, 0.4) is 0 Å². The van der Waals surface area contributed by atoms with Gasteiger partial charge in [0.05, 0.1) is 6.10 Å². The van der Waals surface area contributed by atoms with Crippen LogP contribution >= 0.6 is 23.0 Å². The lowest BCUT2D eigenvalue weighted by Crippen LogP contribution is -1.99. The van der Waals surface area contributed by atoms with Crippen LogP contribution in [0.25, 0.3) is 0 Å². The highest BCUT2D eigenvalue weighted by Crippen LogP contribution is 2.29. The molecule has 2 heteroatoms. The van der Waals surface area contributed by atoms with Crippen molar-refractivity contribution in [2.45, 2.75) is 25.4 Å². The summed E-state index contributed by atoms with van der Waals surface area (Å²) in [4.78, 5) is 0. The zero-order valence-corrected chi connectivity index (χ0v) is 7.50. The van der Waals surface area contributed by atoms with E-state index in [1.807, 2.05) is 29.1 Å². The van der Waals surface area contributed by atoms with Gasteiger partial charge in [-0.1, -0.05) is 6.08 Å². The van der Waals surface area contributed by atoms with Gasteiger partial charge >= 0.3 is 0 Å². The molecule has 9 heavy (non-hydrogen) atoms. The molecule has 0 saturated heterocycles. The standard InChI is InChI=1S/C7H11IO/c1-2-6-3-4-7(5-6)9-8/h2,6-7H,1,3-5H2/t6?,7-/m1/s1. The van der Waals surface area contributed by atoms with E-state index in [2.05, 4.69) is 6.58 Å². The minimum Gasteiger partial charge on any atom is -0.312 e. The van der Waals surface area contributed by atoms with Crippen molar-refractivity contribution < 1.29 is 3.07 Å². The summed E-state index contributed by atoms with van der Waals surface area (Å²) in [6, 6.07) is 0. The number of hydrogen-bond donors (Lipinski definition) is 0. The molecule has 1 rings (SSSR count). The third-order valence-corrected chi connectivity index (χ3v) is 2.60. The third-order valence-electron chi connectivity index (χ3n) is 1.88. The molecule has 1 saturated carbocycles. The molecule has 0 amide bonds. The summed E-state index contributed by atoms with van der Waals surface area (Å²) in [6.45, 7) is 3.75. The lowest BCUT2D eigenvalue weighted by atomic mass is 10.1. The fraction of sp³-hybridized carbons (Fsp3) is 0.714. The van der Waals surface area contributed by atoms with E-state index < -0.39 is 0 Å². The van der Waals surface area contributed by atoms with Gasteiger partial charge in [-0.3, -0.25) is 0 Å². The summed E-state index contributed by atoms with van der Waals surface area (Å²) < 4.78 is 5.17. The van der Waals surface area contributed by atoms with Crippen LogP contribution in [0, 0.1) is 5.92 Å². The van der Waals surface area contributed by atoms with Crippen LogP contribution < -0.4 is 0 Å². The Bertz CT molecular complexity index is 103. The summed E-state index contributed by atoms with van der Waals surface area (Å²) >= 11 is 1.98. The van der Waals surface area contributed by atoms with Crippen molar-refractivity contribution >= 4 is 23.0 Å². The van der Waals surface area contributed by atoms with Gasteiger partial charge in [-0.25, -0.2) is 0 Å². The van der Waals surface area contributed by atoms with E-state index in [4.69, 9.17) is 3.07 Å². The van der Waals surface area contributed by atoms with E-state index in [0.717, 1.165) is 0 Å². The lowest BCUT2D eigenvalue weighted by molar-refractivity contribution is 0.288. The Kier molecular flexibility index (Phi) is 2.98. The molecule has 1 nitrogen and oxygen atoms in total. The molecule has 1 aliphatic carbocycles. The van der Waals surface area contributed by atoms with Crippen LogP contribution in [0.2, 0.25) is 0 Å². The molecule has 0 spiro atoms. The number of halogens is 1. The lowest BCUT2D eigenvalue weighted by Gasteiger charge is -2.02. The van der Waals surface area contributed by atoms with Crippen LogP contribution in [0.1, 0.15) is 19.3 Å². The Morgan fingerprint density at radius 1 is 1.56 bits per heavy atom. The van der Waals surface area contributed by atoms with E-state index in [1.165, 1.54) is 19.3 Å². The Morgan fingerprint density at radius 3 is 2.67 bits per heavy atom. The van der Waals surface area contributed by atoms with Crippen molar-refractivity contribution in [3.63, 3.8) is 0 Å². The summed E-state index contributed by atoms with van der Waals surface area (Å²) in [5, 5.41) is 0. The van der Waals surface area contributed by atoms with E-state index in [1.54, 1.807) is 0 Å². The SMILES string of the molecule is C=CC1CC[C@@H](OI)C1. The fourth-order valence-corrected chi connectivity index (χ4v) is 1.73. The molecule has 0 bridgehead atoms. The van der Waals surface area contributed by atoms with Gasteiger partial charge < -0.3 is 3.07 Å². The van der Waals surface area contributed by atoms with Crippen LogP contribution in [0.4, 0.5) is 0 Å². The topological polar surface area (TPSA) is 9.23 Å². The van der Waals surface area contributed by atoms with Gasteiger partial charge in [-0.15, -0.1) is 6.58 Å². The molecule has 0 radical (unpaired) electrons. The van der Waals surface area contributed by atoms with Crippen molar-refractivity contribution in [3.8, 4) is 0 Å². The highest BCUT2D eigenvalue weighted by atomic mass is 127. The molecule has 52 valence electrons. The zero-order chi connectivity index (χ0) is 6.69. The van der Waals surface area contributed by atoms with Gasteiger partial charge in [0, 0.05) is 0 Å². The number of allylic oxidation sites excluding steroid dienone is 1. The van der Waals surface area contributed by atoms with Gasteiger partial charge in [-0.2, -0.15) is 0 Å². The summed E-state index contributed by atoms with van der Waals surface area (Å²) in [7, 11) is 0. The van der Waals surface area contributed by atoms with E-state index in [9.17, 15) is 0 Å². The molecule has 1 fully saturated rings. The number of hydrogen-bond acceptors (Lipinski definition) is 1. The first-order valence-corrected chi connectivity index (χ1v) is 4.15. The van der Waals surface area contributed by atoms with Crippen molar-refractivity contribution in [2.75, 3.05) is 0 Å². The Labute approximate surface area is 70.2 Å². The summed E-state index contributed by atoms with van der Waals surface area (Å²) in [5.41, 5.74) is 0. The van der Waals surface area contributed by atoms with Gasteiger partial charge in [0.15, 0.2) is 0 Å². The maximum Gasteiger partial charge on any atom is 0.110 e. The summed E-state index contributed by atoms with van der Waals surface area (Å²) in [6.07, 6.45) is 6.17. The molecule has 0 heterocycles. The Hall–Kier alpha value is 0.430. The minimum atomic E-state index is 0.494. The highest BCUT2D eigenvalue weighted by Gasteiger charge is 2.21. The van der Waals surface area contributed by atoms with Crippen molar-refractivity contribution in [2.24, 2.45) is 5.92 Å². The maximum atomic E-state index is 5.17.